The third kappa shape index (κ3) is 1.93. The van der Waals surface area contributed by atoms with Crippen LogP contribution in [0, 0.1) is 6.92 Å². The maximum absolute atomic E-state index is 10.5. The summed E-state index contributed by atoms with van der Waals surface area (Å²) < 4.78 is 0. The summed E-state index contributed by atoms with van der Waals surface area (Å²) in [5, 5.41) is 10.7. The van der Waals surface area contributed by atoms with Gasteiger partial charge in [-0.1, -0.05) is 18.2 Å². The third-order valence-corrected chi connectivity index (χ3v) is 2.41. The molecule has 1 aromatic carbocycles. The van der Waals surface area contributed by atoms with E-state index in [9.17, 15) is 4.79 Å². The summed E-state index contributed by atoms with van der Waals surface area (Å²) in [4.78, 5) is 14.7. The summed E-state index contributed by atoms with van der Waals surface area (Å²) in [6.45, 7) is 1.99. The van der Waals surface area contributed by atoms with Gasteiger partial charge in [-0.2, -0.15) is 0 Å². The smallest absolute Gasteiger partial charge is 0.328 e. The highest BCUT2D eigenvalue weighted by atomic mass is 16.4. The summed E-state index contributed by atoms with van der Waals surface area (Å²) >= 11 is 0. The van der Waals surface area contributed by atoms with Gasteiger partial charge in [-0.3, -0.25) is 4.98 Å². The van der Waals surface area contributed by atoms with Crippen molar-refractivity contribution >= 4 is 22.8 Å². The molecule has 0 spiro atoms. The van der Waals surface area contributed by atoms with Crippen molar-refractivity contribution in [3.63, 3.8) is 0 Å². The number of carboxylic acids is 1. The molecule has 3 nitrogen and oxygen atoms in total. The molecular weight excluding hydrogens is 202 g/mol. The Kier molecular flexibility index (Phi) is 2.68. The fraction of sp³-hybridized carbons (Fsp3) is 0.0769. The lowest BCUT2D eigenvalue weighted by Crippen LogP contribution is -1.90. The van der Waals surface area contributed by atoms with Gasteiger partial charge in [0.2, 0.25) is 0 Å². The lowest BCUT2D eigenvalue weighted by Gasteiger charge is -2.04. The van der Waals surface area contributed by atoms with Gasteiger partial charge in [0.25, 0.3) is 0 Å². The minimum Gasteiger partial charge on any atom is -0.478 e. The number of benzene rings is 1. The van der Waals surface area contributed by atoms with Crippen LogP contribution in [0.15, 0.2) is 36.5 Å². The number of nitrogens with zero attached hydrogens (tertiary/aromatic N) is 1. The average Bonchev–Trinajstić information content (AvgIpc) is 2.26. The zero-order chi connectivity index (χ0) is 11.5. The second-order valence-corrected chi connectivity index (χ2v) is 3.54. The third-order valence-electron chi connectivity index (χ3n) is 2.41. The van der Waals surface area contributed by atoms with Crippen molar-refractivity contribution in [1.82, 2.24) is 4.98 Å². The molecule has 0 saturated carbocycles. The zero-order valence-electron chi connectivity index (χ0n) is 8.84. The molecule has 2 aromatic rings. The van der Waals surface area contributed by atoms with Crippen molar-refractivity contribution in [3.8, 4) is 0 Å². The molecule has 0 saturated heterocycles. The van der Waals surface area contributed by atoms with Crippen LogP contribution in [-0.4, -0.2) is 16.1 Å². The first-order chi connectivity index (χ1) is 7.68. The van der Waals surface area contributed by atoms with Gasteiger partial charge in [-0.05, 0) is 30.0 Å². The van der Waals surface area contributed by atoms with Gasteiger partial charge >= 0.3 is 5.97 Å². The molecule has 1 aromatic heterocycles. The lowest BCUT2D eigenvalue weighted by atomic mass is 10.0. The number of aromatic nitrogens is 1. The van der Waals surface area contributed by atoms with Gasteiger partial charge in [0, 0.05) is 17.7 Å². The lowest BCUT2D eigenvalue weighted by molar-refractivity contribution is -0.131. The molecule has 16 heavy (non-hydrogen) atoms. The highest BCUT2D eigenvalue weighted by Crippen LogP contribution is 2.21. The van der Waals surface area contributed by atoms with E-state index in [1.807, 2.05) is 31.2 Å². The van der Waals surface area contributed by atoms with Crippen molar-refractivity contribution in [2.45, 2.75) is 6.92 Å². The monoisotopic (exact) mass is 213 g/mol. The Morgan fingerprint density at radius 3 is 2.94 bits per heavy atom. The van der Waals surface area contributed by atoms with Crippen LogP contribution in [0.25, 0.3) is 16.8 Å². The van der Waals surface area contributed by atoms with Gasteiger partial charge < -0.3 is 5.11 Å². The highest BCUT2D eigenvalue weighted by Gasteiger charge is 2.02. The van der Waals surface area contributed by atoms with Gasteiger partial charge in [0.05, 0.1) is 5.69 Å². The van der Waals surface area contributed by atoms with Crippen LogP contribution in [-0.2, 0) is 4.79 Å². The van der Waals surface area contributed by atoms with Crippen molar-refractivity contribution in [3.05, 3.63) is 47.8 Å². The Hall–Kier alpha value is -2.16. The molecule has 0 atom stereocenters. The van der Waals surface area contributed by atoms with E-state index in [1.165, 1.54) is 6.08 Å². The molecule has 0 amide bonds. The topological polar surface area (TPSA) is 50.2 Å². The Morgan fingerprint density at radius 2 is 2.19 bits per heavy atom. The van der Waals surface area contributed by atoms with Crippen molar-refractivity contribution in [1.29, 1.82) is 0 Å². The minimum atomic E-state index is -0.965. The van der Waals surface area contributed by atoms with Crippen LogP contribution in [0.1, 0.15) is 11.3 Å². The molecule has 0 aliphatic rings. The molecule has 0 unspecified atom stereocenters. The van der Waals surface area contributed by atoms with Gasteiger partial charge in [0.1, 0.15) is 0 Å². The summed E-state index contributed by atoms with van der Waals surface area (Å²) in [5.41, 5.74) is 1.79. The number of pyridine rings is 1. The molecule has 0 bridgehead atoms. The van der Waals surface area contributed by atoms with E-state index in [4.69, 9.17) is 5.11 Å². The van der Waals surface area contributed by atoms with E-state index in [-0.39, 0.29) is 0 Å². The molecule has 80 valence electrons. The Labute approximate surface area is 93.1 Å². The Bertz CT molecular complexity index is 568. The van der Waals surface area contributed by atoms with Crippen LogP contribution < -0.4 is 0 Å². The Morgan fingerprint density at radius 1 is 1.38 bits per heavy atom. The summed E-state index contributed by atoms with van der Waals surface area (Å²) in [6, 6.07) is 7.87. The van der Waals surface area contributed by atoms with Gasteiger partial charge in [-0.15, -0.1) is 0 Å². The fourth-order valence-electron chi connectivity index (χ4n) is 1.72. The normalized spacial score (nSPS) is 11.1. The SMILES string of the molecule is Cc1cccc2ccnc(/C=C/C(=O)O)c12. The molecule has 1 heterocycles. The molecule has 0 radical (unpaired) electrons. The first kappa shape index (κ1) is 10.4. The van der Waals surface area contributed by atoms with Crippen LogP contribution in [0.5, 0.6) is 0 Å². The molecule has 0 aliphatic heterocycles. The number of carboxylic acid groups (broad SMARTS) is 1. The van der Waals surface area contributed by atoms with E-state index in [1.54, 1.807) is 6.20 Å². The number of hydrogen-bond donors (Lipinski definition) is 1. The highest BCUT2D eigenvalue weighted by molar-refractivity contribution is 5.94. The zero-order valence-corrected chi connectivity index (χ0v) is 8.84. The van der Waals surface area contributed by atoms with Crippen LogP contribution in [0.2, 0.25) is 0 Å². The molecular formula is C13H11NO2. The Balaban J connectivity index is 2.65. The summed E-state index contributed by atoms with van der Waals surface area (Å²) in [7, 11) is 0. The van der Waals surface area contributed by atoms with E-state index in [0.717, 1.165) is 22.4 Å². The number of carbonyl (C=O) groups is 1. The quantitative estimate of drug-likeness (QED) is 0.780. The number of hydrogen-bond acceptors (Lipinski definition) is 2. The van der Waals surface area contributed by atoms with Crippen molar-refractivity contribution < 1.29 is 9.90 Å². The first-order valence-electron chi connectivity index (χ1n) is 4.94. The van der Waals surface area contributed by atoms with E-state index in [2.05, 4.69) is 4.98 Å². The maximum atomic E-state index is 10.5. The van der Waals surface area contributed by atoms with Crippen LogP contribution in [0.4, 0.5) is 0 Å². The molecule has 2 rings (SSSR count). The largest absolute Gasteiger partial charge is 0.478 e. The van der Waals surface area contributed by atoms with E-state index in [0.29, 0.717) is 5.69 Å². The average molecular weight is 213 g/mol. The van der Waals surface area contributed by atoms with E-state index < -0.39 is 5.97 Å². The molecule has 0 aliphatic carbocycles. The predicted molar refractivity (Wildman–Crippen MR) is 63.1 cm³/mol. The second kappa shape index (κ2) is 4.14. The van der Waals surface area contributed by atoms with Gasteiger partial charge in [-0.25, -0.2) is 4.79 Å². The molecule has 3 heteroatoms. The van der Waals surface area contributed by atoms with E-state index >= 15 is 0 Å². The van der Waals surface area contributed by atoms with Gasteiger partial charge in [0.15, 0.2) is 0 Å². The molecule has 1 N–H and O–H groups in total. The van der Waals surface area contributed by atoms with Crippen LogP contribution >= 0.6 is 0 Å². The fourth-order valence-corrected chi connectivity index (χ4v) is 1.72. The van der Waals surface area contributed by atoms with Crippen molar-refractivity contribution in [2.24, 2.45) is 0 Å². The van der Waals surface area contributed by atoms with Crippen molar-refractivity contribution in [2.75, 3.05) is 0 Å². The number of rotatable bonds is 2. The standard InChI is InChI=1S/C13H11NO2/c1-9-3-2-4-10-7-8-14-11(13(9)10)5-6-12(15)16/h2-8H,1H3,(H,15,16)/b6-5+. The summed E-state index contributed by atoms with van der Waals surface area (Å²) in [6.07, 6.45) is 4.31. The van der Waals surface area contributed by atoms with Crippen LogP contribution in [0.3, 0.4) is 0 Å². The first-order valence-corrected chi connectivity index (χ1v) is 4.94. The number of aryl methyl sites for hydroxylation is 1. The second-order valence-electron chi connectivity index (χ2n) is 3.54. The minimum absolute atomic E-state index is 0.693. The maximum Gasteiger partial charge on any atom is 0.328 e. The number of aliphatic carboxylic acids is 1. The number of fused-ring (bicyclic) bond motifs is 1. The summed E-state index contributed by atoms with van der Waals surface area (Å²) in [5.74, 6) is -0.965. The predicted octanol–water partition coefficient (Wildman–Crippen LogP) is 2.64. The molecule has 0 fully saturated rings.